The van der Waals surface area contributed by atoms with Gasteiger partial charge in [0.05, 0.1) is 12.6 Å². The largest absolute Gasteiger partial charge is 0.368 e. The van der Waals surface area contributed by atoms with Crippen molar-refractivity contribution in [2.24, 2.45) is 0 Å². The van der Waals surface area contributed by atoms with Crippen molar-refractivity contribution in [1.29, 1.82) is 0 Å². The zero-order valence-electron chi connectivity index (χ0n) is 10.7. The third-order valence-corrected chi connectivity index (χ3v) is 3.83. The molecular weight excluding hydrogens is 226 g/mol. The molecule has 0 saturated carbocycles. The number of hydrogen-bond acceptors (Lipinski definition) is 3. The normalized spacial score (nSPS) is 24.1. The maximum Gasteiger partial charge on any atom is 0.236 e. The van der Waals surface area contributed by atoms with E-state index >= 15 is 0 Å². The fourth-order valence-corrected chi connectivity index (χ4v) is 2.86. The van der Waals surface area contributed by atoms with Gasteiger partial charge in [-0.25, -0.2) is 0 Å². The summed E-state index contributed by atoms with van der Waals surface area (Å²) in [7, 11) is 0. The van der Waals surface area contributed by atoms with Crippen LogP contribution in [0.2, 0.25) is 0 Å². The Morgan fingerprint density at radius 1 is 1.33 bits per heavy atom. The molecule has 1 aromatic rings. The summed E-state index contributed by atoms with van der Waals surface area (Å²) in [5.41, 5.74) is 2.56. The highest BCUT2D eigenvalue weighted by Crippen LogP contribution is 2.21. The highest BCUT2D eigenvalue weighted by atomic mass is 16.2. The van der Waals surface area contributed by atoms with Gasteiger partial charge in [-0.1, -0.05) is 12.1 Å². The van der Waals surface area contributed by atoms with Crippen LogP contribution in [-0.4, -0.2) is 49.6 Å². The zero-order valence-corrected chi connectivity index (χ0v) is 10.7. The first-order valence-electron chi connectivity index (χ1n) is 6.56. The van der Waals surface area contributed by atoms with Crippen molar-refractivity contribution in [3.05, 3.63) is 29.8 Å². The Hall–Kier alpha value is -1.55. The Bertz CT molecular complexity index is 460. The van der Waals surface area contributed by atoms with Gasteiger partial charge in [0.25, 0.3) is 0 Å². The van der Waals surface area contributed by atoms with Gasteiger partial charge >= 0.3 is 0 Å². The quantitative estimate of drug-likeness (QED) is 0.787. The van der Waals surface area contributed by atoms with Crippen molar-refractivity contribution in [3.8, 4) is 0 Å². The second kappa shape index (κ2) is 4.61. The fourth-order valence-electron chi connectivity index (χ4n) is 2.86. The van der Waals surface area contributed by atoms with Crippen LogP contribution in [0, 0.1) is 6.92 Å². The topological polar surface area (TPSA) is 35.6 Å². The molecule has 96 valence electrons. The lowest BCUT2D eigenvalue weighted by Gasteiger charge is -2.45. The number of rotatable bonds is 1. The first-order valence-corrected chi connectivity index (χ1v) is 6.56. The molecule has 1 atom stereocenters. The predicted octanol–water partition coefficient (Wildman–Crippen LogP) is 0.615. The predicted molar refractivity (Wildman–Crippen MR) is 71.8 cm³/mol. The molecule has 0 aromatic heterocycles. The van der Waals surface area contributed by atoms with Crippen molar-refractivity contribution in [2.45, 2.75) is 13.0 Å². The summed E-state index contributed by atoms with van der Waals surface area (Å²) < 4.78 is 0. The van der Waals surface area contributed by atoms with Gasteiger partial charge in [-0.3, -0.25) is 4.79 Å². The number of amides is 1. The van der Waals surface area contributed by atoms with E-state index in [9.17, 15) is 4.79 Å². The Balaban J connectivity index is 1.76. The number of carbonyl (C=O) groups excluding carboxylic acids is 1. The molecule has 0 bridgehead atoms. The lowest BCUT2D eigenvalue weighted by Crippen LogP contribution is -2.63. The van der Waals surface area contributed by atoms with Crippen LogP contribution in [-0.2, 0) is 4.79 Å². The van der Waals surface area contributed by atoms with Crippen LogP contribution in [0.25, 0.3) is 0 Å². The van der Waals surface area contributed by atoms with E-state index in [2.05, 4.69) is 41.4 Å². The van der Waals surface area contributed by atoms with Crippen LogP contribution in [0.4, 0.5) is 5.69 Å². The Morgan fingerprint density at radius 3 is 3.06 bits per heavy atom. The highest BCUT2D eigenvalue weighted by molar-refractivity contribution is 5.79. The lowest BCUT2D eigenvalue weighted by molar-refractivity contribution is -0.135. The molecule has 4 heteroatoms. The summed E-state index contributed by atoms with van der Waals surface area (Å²) in [5, 5.41) is 3.20. The third-order valence-electron chi connectivity index (χ3n) is 3.83. The molecule has 2 aliphatic rings. The zero-order chi connectivity index (χ0) is 12.5. The minimum atomic E-state index is 0.246. The smallest absolute Gasteiger partial charge is 0.236 e. The molecule has 3 rings (SSSR count). The second-order valence-electron chi connectivity index (χ2n) is 5.16. The van der Waals surface area contributed by atoms with Crippen LogP contribution in [0.5, 0.6) is 0 Å². The third kappa shape index (κ3) is 2.08. The molecule has 0 aliphatic carbocycles. The fraction of sp³-hybridized carbons (Fsp3) is 0.500. The van der Waals surface area contributed by atoms with E-state index in [-0.39, 0.29) is 5.91 Å². The molecule has 1 amide bonds. The average molecular weight is 245 g/mol. The summed E-state index contributed by atoms with van der Waals surface area (Å²) >= 11 is 0. The second-order valence-corrected chi connectivity index (χ2v) is 5.16. The van der Waals surface area contributed by atoms with E-state index in [1.807, 2.05) is 4.90 Å². The lowest BCUT2D eigenvalue weighted by atomic mass is 10.1. The molecule has 2 fully saturated rings. The van der Waals surface area contributed by atoms with Gasteiger partial charge in [-0.15, -0.1) is 0 Å². The van der Waals surface area contributed by atoms with Gasteiger partial charge < -0.3 is 15.1 Å². The van der Waals surface area contributed by atoms with Crippen LogP contribution in [0.3, 0.4) is 0 Å². The van der Waals surface area contributed by atoms with Gasteiger partial charge in [0.2, 0.25) is 5.91 Å². The van der Waals surface area contributed by atoms with E-state index in [0.717, 1.165) is 26.2 Å². The minimum Gasteiger partial charge on any atom is -0.368 e. The number of hydrogen-bond donors (Lipinski definition) is 1. The van der Waals surface area contributed by atoms with Gasteiger partial charge in [-0.05, 0) is 24.6 Å². The minimum absolute atomic E-state index is 0.246. The van der Waals surface area contributed by atoms with E-state index in [0.29, 0.717) is 12.6 Å². The number of carbonyl (C=O) groups is 1. The Morgan fingerprint density at radius 2 is 2.22 bits per heavy atom. The number of benzene rings is 1. The van der Waals surface area contributed by atoms with Gasteiger partial charge in [0, 0.05) is 31.9 Å². The SMILES string of the molecule is Cc1cccc(N2CCN3C(=O)CNCC3C2)c1. The first kappa shape index (κ1) is 11.5. The van der Waals surface area contributed by atoms with Crippen LogP contribution in [0.1, 0.15) is 5.56 Å². The molecule has 1 N–H and O–H groups in total. The summed E-state index contributed by atoms with van der Waals surface area (Å²) in [6.45, 7) is 6.24. The maximum absolute atomic E-state index is 11.8. The molecule has 1 unspecified atom stereocenters. The monoisotopic (exact) mass is 245 g/mol. The number of anilines is 1. The number of nitrogens with zero attached hydrogens (tertiary/aromatic N) is 2. The van der Waals surface area contributed by atoms with Gasteiger partial charge in [0.1, 0.15) is 0 Å². The molecule has 0 spiro atoms. The van der Waals surface area contributed by atoms with Crippen molar-refractivity contribution >= 4 is 11.6 Å². The van der Waals surface area contributed by atoms with E-state index in [1.54, 1.807) is 0 Å². The van der Waals surface area contributed by atoms with E-state index < -0.39 is 0 Å². The van der Waals surface area contributed by atoms with Crippen LogP contribution < -0.4 is 10.2 Å². The first-order chi connectivity index (χ1) is 8.74. The molecule has 2 saturated heterocycles. The Kier molecular flexibility index (Phi) is 2.96. The highest BCUT2D eigenvalue weighted by Gasteiger charge is 2.32. The van der Waals surface area contributed by atoms with E-state index in [4.69, 9.17) is 0 Å². The van der Waals surface area contributed by atoms with E-state index in [1.165, 1.54) is 11.3 Å². The summed E-state index contributed by atoms with van der Waals surface area (Å²) in [4.78, 5) is 16.2. The van der Waals surface area contributed by atoms with Gasteiger partial charge in [0.15, 0.2) is 0 Å². The average Bonchev–Trinajstić information content (AvgIpc) is 2.39. The van der Waals surface area contributed by atoms with Crippen molar-refractivity contribution in [1.82, 2.24) is 10.2 Å². The molecule has 18 heavy (non-hydrogen) atoms. The molecule has 2 aliphatic heterocycles. The number of fused-ring (bicyclic) bond motifs is 1. The van der Waals surface area contributed by atoms with Crippen molar-refractivity contribution < 1.29 is 4.79 Å². The maximum atomic E-state index is 11.8. The van der Waals surface area contributed by atoms with Crippen LogP contribution in [0.15, 0.2) is 24.3 Å². The summed E-state index contributed by atoms with van der Waals surface area (Å²) in [5.74, 6) is 0.246. The molecule has 2 heterocycles. The van der Waals surface area contributed by atoms with Gasteiger partial charge in [-0.2, -0.15) is 0 Å². The van der Waals surface area contributed by atoms with Crippen LogP contribution >= 0.6 is 0 Å². The molecule has 1 aromatic carbocycles. The van der Waals surface area contributed by atoms with Crippen molar-refractivity contribution in [2.75, 3.05) is 37.6 Å². The Labute approximate surface area is 108 Å². The molecule has 0 radical (unpaired) electrons. The van der Waals surface area contributed by atoms with Crippen molar-refractivity contribution in [3.63, 3.8) is 0 Å². The molecular formula is C14H19N3O. The summed E-state index contributed by atoms with van der Waals surface area (Å²) in [6.07, 6.45) is 0. The number of nitrogens with one attached hydrogen (secondary N) is 1. The number of aryl methyl sites for hydroxylation is 1. The summed E-state index contributed by atoms with van der Waals surface area (Å²) in [6, 6.07) is 8.90. The standard InChI is InChI=1S/C14H19N3O/c1-11-3-2-4-12(7-11)16-5-6-17-13(10-16)8-15-9-14(17)18/h2-4,7,13,15H,5-6,8-10H2,1H3. The number of piperazine rings is 2. The molecule has 4 nitrogen and oxygen atoms in total.